The number of hydrogen-bond acceptors (Lipinski definition) is 5. The minimum Gasteiger partial charge on any atom is -0.493 e. The van der Waals surface area contributed by atoms with Crippen LogP contribution in [-0.4, -0.2) is 37.1 Å². The lowest BCUT2D eigenvalue weighted by Crippen LogP contribution is -2.05. The SMILES string of the molecule is COc1cc(C(=O)c2c(-c3ccccn3)[nH]c3ccccc23)cc(OC)c1OC. The fourth-order valence-electron chi connectivity index (χ4n) is 3.44. The second-order valence-corrected chi connectivity index (χ2v) is 6.38. The normalized spacial score (nSPS) is 10.7. The number of ether oxygens (including phenoxy) is 3. The number of nitrogens with one attached hydrogen (secondary N) is 1. The van der Waals surface area contributed by atoms with Crippen LogP contribution in [0.25, 0.3) is 22.3 Å². The van der Waals surface area contributed by atoms with Crippen molar-refractivity contribution in [2.45, 2.75) is 0 Å². The van der Waals surface area contributed by atoms with Gasteiger partial charge >= 0.3 is 0 Å². The Kier molecular flexibility index (Phi) is 4.91. The van der Waals surface area contributed by atoms with Crippen LogP contribution in [0.4, 0.5) is 0 Å². The van der Waals surface area contributed by atoms with Crippen LogP contribution in [0.2, 0.25) is 0 Å². The van der Waals surface area contributed by atoms with Gasteiger partial charge in [0.25, 0.3) is 0 Å². The highest BCUT2D eigenvalue weighted by Gasteiger charge is 2.24. The highest BCUT2D eigenvalue weighted by atomic mass is 16.5. The van der Waals surface area contributed by atoms with Gasteiger partial charge in [0, 0.05) is 22.7 Å². The molecule has 0 radical (unpaired) electrons. The number of rotatable bonds is 6. The first-order valence-corrected chi connectivity index (χ1v) is 9.04. The van der Waals surface area contributed by atoms with Crippen LogP contribution in [0.5, 0.6) is 17.2 Å². The minimum atomic E-state index is -0.164. The number of fused-ring (bicyclic) bond motifs is 1. The average molecular weight is 388 g/mol. The van der Waals surface area contributed by atoms with Crippen molar-refractivity contribution < 1.29 is 19.0 Å². The van der Waals surface area contributed by atoms with E-state index in [0.717, 1.165) is 10.9 Å². The number of ketones is 1. The number of carbonyl (C=O) groups excluding carboxylic acids is 1. The van der Waals surface area contributed by atoms with Crippen LogP contribution in [0, 0.1) is 0 Å². The average Bonchev–Trinajstić information content (AvgIpc) is 3.17. The standard InChI is InChI=1S/C23H20N2O4/c1-27-18-12-14(13-19(28-2)23(18)29-3)22(26)20-15-8-4-5-9-16(15)25-21(20)17-10-6-7-11-24-17/h4-13,25H,1-3H3. The van der Waals surface area contributed by atoms with Gasteiger partial charge < -0.3 is 19.2 Å². The van der Waals surface area contributed by atoms with E-state index in [1.54, 1.807) is 18.3 Å². The second-order valence-electron chi connectivity index (χ2n) is 6.38. The van der Waals surface area contributed by atoms with E-state index < -0.39 is 0 Å². The van der Waals surface area contributed by atoms with E-state index in [1.165, 1.54) is 21.3 Å². The monoisotopic (exact) mass is 388 g/mol. The van der Waals surface area contributed by atoms with E-state index in [4.69, 9.17) is 14.2 Å². The van der Waals surface area contributed by atoms with Crippen molar-refractivity contribution in [3.8, 4) is 28.6 Å². The predicted molar refractivity (Wildman–Crippen MR) is 111 cm³/mol. The Balaban J connectivity index is 1.95. The molecule has 2 aromatic carbocycles. The van der Waals surface area contributed by atoms with Crippen LogP contribution < -0.4 is 14.2 Å². The lowest BCUT2D eigenvalue weighted by molar-refractivity contribution is 0.104. The number of carbonyl (C=O) groups is 1. The molecule has 29 heavy (non-hydrogen) atoms. The fourth-order valence-corrected chi connectivity index (χ4v) is 3.44. The highest BCUT2D eigenvalue weighted by Crippen LogP contribution is 2.40. The van der Waals surface area contributed by atoms with Crippen LogP contribution in [0.3, 0.4) is 0 Å². The van der Waals surface area contributed by atoms with Crippen molar-refractivity contribution in [2.75, 3.05) is 21.3 Å². The van der Waals surface area contributed by atoms with Gasteiger partial charge in [-0.2, -0.15) is 0 Å². The number of para-hydroxylation sites is 1. The third-order valence-corrected chi connectivity index (χ3v) is 4.78. The lowest BCUT2D eigenvalue weighted by Gasteiger charge is -2.14. The highest BCUT2D eigenvalue weighted by molar-refractivity contribution is 6.20. The Morgan fingerprint density at radius 1 is 0.897 bits per heavy atom. The van der Waals surface area contributed by atoms with Crippen molar-refractivity contribution in [2.24, 2.45) is 0 Å². The first kappa shape index (κ1) is 18.6. The topological polar surface area (TPSA) is 73.4 Å². The Bertz CT molecular complexity index is 1160. The number of pyridine rings is 1. The first-order valence-electron chi connectivity index (χ1n) is 9.04. The number of hydrogen-bond donors (Lipinski definition) is 1. The summed E-state index contributed by atoms with van der Waals surface area (Å²) in [6.07, 6.45) is 1.70. The third-order valence-electron chi connectivity index (χ3n) is 4.78. The molecule has 0 saturated carbocycles. The minimum absolute atomic E-state index is 0.164. The number of aromatic nitrogens is 2. The van der Waals surface area contributed by atoms with Gasteiger partial charge in [0.15, 0.2) is 17.3 Å². The predicted octanol–water partition coefficient (Wildman–Crippen LogP) is 4.49. The molecule has 6 nitrogen and oxygen atoms in total. The molecule has 0 unspecified atom stereocenters. The van der Waals surface area contributed by atoms with Crippen molar-refractivity contribution in [3.05, 3.63) is 71.9 Å². The van der Waals surface area contributed by atoms with Gasteiger partial charge in [-0.15, -0.1) is 0 Å². The summed E-state index contributed by atoms with van der Waals surface area (Å²) in [5, 5.41) is 0.826. The summed E-state index contributed by atoms with van der Waals surface area (Å²) in [5.41, 5.74) is 3.21. The molecule has 0 saturated heterocycles. The van der Waals surface area contributed by atoms with E-state index in [0.29, 0.717) is 39.8 Å². The Morgan fingerprint density at radius 3 is 2.21 bits per heavy atom. The van der Waals surface area contributed by atoms with Gasteiger partial charge in [-0.1, -0.05) is 24.3 Å². The molecule has 2 heterocycles. The van der Waals surface area contributed by atoms with Crippen molar-refractivity contribution in [1.82, 2.24) is 9.97 Å². The molecule has 0 aliphatic heterocycles. The summed E-state index contributed by atoms with van der Waals surface area (Å²) in [5.74, 6) is 1.13. The fraction of sp³-hybridized carbons (Fsp3) is 0.130. The van der Waals surface area contributed by atoms with Crippen LogP contribution in [0.1, 0.15) is 15.9 Å². The maximum atomic E-state index is 13.7. The molecule has 1 N–H and O–H groups in total. The van der Waals surface area contributed by atoms with Gasteiger partial charge in [-0.25, -0.2) is 0 Å². The molecule has 0 fully saturated rings. The lowest BCUT2D eigenvalue weighted by atomic mass is 9.98. The van der Waals surface area contributed by atoms with E-state index >= 15 is 0 Å². The Morgan fingerprint density at radius 2 is 1.59 bits per heavy atom. The van der Waals surface area contributed by atoms with Gasteiger partial charge in [-0.3, -0.25) is 9.78 Å². The Labute approximate surface area is 168 Å². The molecule has 0 spiro atoms. The van der Waals surface area contributed by atoms with E-state index in [-0.39, 0.29) is 5.78 Å². The number of benzene rings is 2. The number of nitrogens with zero attached hydrogens (tertiary/aromatic N) is 1. The largest absolute Gasteiger partial charge is 0.493 e. The number of methoxy groups -OCH3 is 3. The van der Waals surface area contributed by atoms with E-state index in [1.807, 2.05) is 42.5 Å². The summed E-state index contributed by atoms with van der Waals surface area (Å²) in [7, 11) is 4.58. The summed E-state index contributed by atoms with van der Waals surface area (Å²) in [6.45, 7) is 0. The van der Waals surface area contributed by atoms with Crippen molar-refractivity contribution >= 4 is 16.7 Å². The molecule has 4 aromatic rings. The quantitative estimate of drug-likeness (QED) is 0.493. The molecule has 4 rings (SSSR count). The molecule has 146 valence electrons. The van der Waals surface area contributed by atoms with Gasteiger partial charge in [0.05, 0.1) is 38.3 Å². The molecule has 0 aliphatic carbocycles. The molecule has 0 aliphatic rings. The summed E-state index contributed by atoms with van der Waals surface area (Å²) >= 11 is 0. The molecular weight excluding hydrogens is 368 g/mol. The molecule has 0 atom stereocenters. The zero-order valence-corrected chi connectivity index (χ0v) is 16.4. The van der Waals surface area contributed by atoms with Crippen molar-refractivity contribution in [1.29, 1.82) is 0 Å². The van der Waals surface area contributed by atoms with Crippen LogP contribution in [-0.2, 0) is 0 Å². The molecule has 0 amide bonds. The molecule has 0 bridgehead atoms. The van der Waals surface area contributed by atoms with Gasteiger partial charge in [-0.05, 0) is 30.3 Å². The van der Waals surface area contributed by atoms with Crippen LogP contribution in [0.15, 0.2) is 60.8 Å². The van der Waals surface area contributed by atoms with Crippen LogP contribution >= 0.6 is 0 Å². The zero-order chi connectivity index (χ0) is 20.4. The van der Waals surface area contributed by atoms with E-state index in [2.05, 4.69) is 9.97 Å². The number of H-pyrrole nitrogens is 1. The molecule has 6 heteroatoms. The van der Waals surface area contributed by atoms with Crippen molar-refractivity contribution in [3.63, 3.8) is 0 Å². The third kappa shape index (κ3) is 3.18. The molecule has 2 aromatic heterocycles. The second kappa shape index (κ2) is 7.67. The summed E-state index contributed by atoms with van der Waals surface area (Å²) < 4.78 is 16.2. The van der Waals surface area contributed by atoms with E-state index in [9.17, 15) is 4.79 Å². The zero-order valence-electron chi connectivity index (χ0n) is 16.4. The summed E-state index contributed by atoms with van der Waals surface area (Å²) in [6, 6.07) is 16.6. The maximum absolute atomic E-state index is 13.7. The first-order chi connectivity index (χ1) is 14.2. The summed E-state index contributed by atoms with van der Waals surface area (Å²) in [4.78, 5) is 21.4. The number of aromatic amines is 1. The van der Waals surface area contributed by atoms with Gasteiger partial charge in [0.2, 0.25) is 5.75 Å². The Hall–Kier alpha value is -3.80. The maximum Gasteiger partial charge on any atom is 0.203 e. The molecular formula is C23H20N2O4. The smallest absolute Gasteiger partial charge is 0.203 e. The van der Waals surface area contributed by atoms with Gasteiger partial charge in [0.1, 0.15) is 0 Å².